The van der Waals surface area contributed by atoms with Crippen LogP contribution in [0.1, 0.15) is 42.1 Å². The van der Waals surface area contributed by atoms with E-state index >= 15 is 0 Å². The van der Waals surface area contributed by atoms with Crippen LogP contribution in [0.15, 0.2) is 42.5 Å². The summed E-state index contributed by atoms with van der Waals surface area (Å²) in [6, 6.07) is 12.7. The first-order valence-electron chi connectivity index (χ1n) is 11.0. The number of hydrogen-bond donors (Lipinski definition) is 3. The third kappa shape index (κ3) is 6.72. The van der Waals surface area contributed by atoms with Crippen molar-refractivity contribution in [1.29, 1.82) is 0 Å². The van der Waals surface area contributed by atoms with Gasteiger partial charge in [0.2, 0.25) is 0 Å². The van der Waals surface area contributed by atoms with Crippen LogP contribution in [-0.2, 0) is 4.74 Å². The second-order valence-electron chi connectivity index (χ2n) is 7.68. The number of carbonyl (C=O) groups excluding carboxylic acids is 2. The highest BCUT2D eigenvalue weighted by atomic mass is 16.5. The summed E-state index contributed by atoms with van der Waals surface area (Å²) >= 11 is 0. The molecule has 0 saturated carbocycles. The van der Waals surface area contributed by atoms with E-state index in [1.165, 1.54) is 0 Å². The Labute approximate surface area is 184 Å². The van der Waals surface area contributed by atoms with Gasteiger partial charge in [-0.1, -0.05) is 17.7 Å². The summed E-state index contributed by atoms with van der Waals surface area (Å²) in [5.74, 6) is -0.138. The quantitative estimate of drug-likeness (QED) is 0.521. The zero-order valence-corrected chi connectivity index (χ0v) is 18.4. The van der Waals surface area contributed by atoms with Gasteiger partial charge < -0.3 is 25.6 Å². The van der Waals surface area contributed by atoms with Crippen molar-refractivity contribution in [3.63, 3.8) is 0 Å². The molecule has 3 rings (SSSR count). The maximum Gasteiger partial charge on any atom is 0.323 e. The van der Waals surface area contributed by atoms with Crippen molar-refractivity contribution in [2.75, 3.05) is 48.4 Å². The van der Waals surface area contributed by atoms with E-state index in [2.05, 4.69) is 20.9 Å². The van der Waals surface area contributed by atoms with Gasteiger partial charge in [0.25, 0.3) is 5.91 Å². The fourth-order valence-corrected chi connectivity index (χ4v) is 3.58. The van der Waals surface area contributed by atoms with E-state index in [4.69, 9.17) is 4.74 Å². The van der Waals surface area contributed by atoms with Gasteiger partial charge in [-0.25, -0.2) is 4.79 Å². The van der Waals surface area contributed by atoms with Crippen molar-refractivity contribution in [2.45, 2.75) is 33.1 Å². The highest BCUT2D eigenvalue weighted by Gasteiger charge is 2.20. The predicted octanol–water partition coefficient (Wildman–Crippen LogP) is 4.40. The van der Waals surface area contributed by atoms with E-state index in [1.807, 2.05) is 50.2 Å². The zero-order chi connectivity index (χ0) is 22.1. The number of amides is 3. The number of nitrogens with one attached hydrogen (secondary N) is 3. The van der Waals surface area contributed by atoms with Crippen LogP contribution in [0.3, 0.4) is 0 Å². The van der Waals surface area contributed by atoms with Gasteiger partial charge in [-0.05, 0) is 63.4 Å². The van der Waals surface area contributed by atoms with Crippen LogP contribution in [0.2, 0.25) is 0 Å². The van der Waals surface area contributed by atoms with Gasteiger partial charge in [0.05, 0.1) is 5.56 Å². The lowest BCUT2D eigenvalue weighted by atomic mass is 10.1. The Balaban J connectivity index is 1.69. The topological polar surface area (TPSA) is 82.7 Å². The molecule has 166 valence electrons. The van der Waals surface area contributed by atoms with Gasteiger partial charge in [-0.3, -0.25) is 4.79 Å². The summed E-state index contributed by atoms with van der Waals surface area (Å²) in [5, 5.41) is 8.62. The summed E-state index contributed by atoms with van der Waals surface area (Å²) < 4.78 is 5.33. The third-order valence-corrected chi connectivity index (χ3v) is 5.21. The Kier molecular flexibility index (Phi) is 8.29. The van der Waals surface area contributed by atoms with Crippen molar-refractivity contribution in [3.05, 3.63) is 53.6 Å². The Morgan fingerprint density at radius 1 is 1.00 bits per heavy atom. The van der Waals surface area contributed by atoms with Crippen LogP contribution in [0, 0.1) is 6.92 Å². The first-order chi connectivity index (χ1) is 15.1. The molecule has 7 heteroatoms. The number of ether oxygens (including phenoxy) is 1. The van der Waals surface area contributed by atoms with E-state index in [1.54, 1.807) is 6.07 Å². The number of hydrogen-bond acceptors (Lipinski definition) is 4. The van der Waals surface area contributed by atoms with Crippen LogP contribution in [-0.4, -0.2) is 44.8 Å². The lowest BCUT2D eigenvalue weighted by molar-refractivity contribution is 0.0944. The van der Waals surface area contributed by atoms with Gasteiger partial charge in [0.1, 0.15) is 0 Å². The SMILES string of the molecule is CCOCCCNC(=O)c1cc(NC(=O)Nc2ccc(C)cc2)ccc1N1CCCC1. The Morgan fingerprint density at radius 2 is 1.68 bits per heavy atom. The normalized spacial score (nSPS) is 13.2. The molecule has 0 aliphatic carbocycles. The molecule has 3 amide bonds. The summed E-state index contributed by atoms with van der Waals surface area (Å²) in [4.78, 5) is 27.6. The molecule has 3 N–H and O–H groups in total. The molecule has 1 aliphatic rings. The molecule has 0 aromatic heterocycles. The molecule has 2 aromatic carbocycles. The molecular weight excluding hydrogens is 392 g/mol. The maximum atomic E-state index is 12.9. The molecule has 7 nitrogen and oxygen atoms in total. The molecular formula is C24H32N4O3. The largest absolute Gasteiger partial charge is 0.382 e. The molecule has 0 spiro atoms. The van der Waals surface area contributed by atoms with Crippen LogP contribution in [0.5, 0.6) is 0 Å². The maximum absolute atomic E-state index is 12.9. The number of rotatable bonds is 9. The molecule has 0 radical (unpaired) electrons. The first-order valence-corrected chi connectivity index (χ1v) is 11.0. The van der Waals surface area contributed by atoms with Gasteiger partial charge >= 0.3 is 6.03 Å². The van der Waals surface area contributed by atoms with E-state index < -0.39 is 0 Å². The van der Waals surface area contributed by atoms with E-state index in [0.717, 1.165) is 43.6 Å². The smallest absolute Gasteiger partial charge is 0.323 e. The fourth-order valence-electron chi connectivity index (χ4n) is 3.58. The van der Waals surface area contributed by atoms with Gasteiger partial charge in [-0.15, -0.1) is 0 Å². The Morgan fingerprint density at radius 3 is 2.39 bits per heavy atom. The monoisotopic (exact) mass is 424 g/mol. The Hall–Kier alpha value is -3.06. The summed E-state index contributed by atoms with van der Waals surface area (Å²) in [7, 11) is 0. The highest BCUT2D eigenvalue weighted by Crippen LogP contribution is 2.27. The van der Waals surface area contributed by atoms with Crippen LogP contribution >= 0.6 is 0 Å². The molecule has 1 fully saturated rings. The summed E-state index contributed by atoms with van der Waals surface area (Å²) in [6.07, 6.45) is 3.00. The highest BCUT2D eigenvalue weighted by molar-refractivity contribution is 6.04. The summed E-state index contributed by atoms with van der Waals surface area (Å²) in [6.45, 7) is 7.66. The standard InChI is InChI=1S/C24H32N4O3/c1-3-31-16-6-13-25-23(29)21-17-20(11-12-22(21)28-14-4-5-15-28)27-24(30)26-19-9-7-18(2)8-10-19/h7-12,17H,3-6,13-16H2,1-2H3,(H,25,29)(H2,26,27,30). The van der Waals surface area contributed by atoms with E-state index in [9.17, 15) is 9.59 Å². The number of urea groups is 1. The number of aryl methyl sites for hydroxylation is 1. The number of carbonyl (C=O) groups is 2. The molecule has 1 heterocycles. The Bertz CT molecular complexity index is 877. The minimum Gasteiger partial charge on any atom is -0.382 e. The van der Waals surface area contributed by atoms with Gasteiger partial charge in [-0.2, -0.15) is 0 Å². The second kappa shape index (κ2) is 11.4. The zero-order valence-electron chi connectivity index (χ0n) is 18.4. The molecule has 0 bridgehead atoms. The van der Waals surface area contributed by atoms with Crippen molar-refractivity contribution in [1.82, 2.24) is 5.32 Å². The van der Waals surface area contributed by atoms with Crippen molar-refractivity contribution in [2.24, 2.45) is 0 Å². The molecule has 0 atom stereocenters. The van der Waals surface area contributed by atoms with Gasteiger partial charge in [0, 0.05) is 49.9 Å². The minimum absolute atomic E-state index is 0.138. The minimum atomic E-state index is -0.346. The molecule has 1 saturated heterocycles. The number of anilines is 3. The average molecular weight is 425 g/mol. The van der Waals surface area contributed by atoms with Crippen LogP contribution in [0.4, 0.5) is 21.9 Å². The predicted molar refractivity (Wildman–Crippen MR) is 125 cm³/mol. The number of nitrogens with zero attached hydrogens (tertiary/aromatic N) is 1. The fraction of sp³-hybridized carbons (Fsp3) is 0.417. The lowest BCUT2D eigenvalue weighted by Gasteiger charge is -2.22. The van der Waals surface area contributed by atoms with Gasteiger partial charge in [0.15, 0.2) is 0 Å². The van der Waals surface area contributed by atoms with Crippen LogP contribution < -0.4 is 20.9 Å². The molecule has 0 unspecified atom stereocenters. The first kappa shape index (κ1) is 22.6. The summed E-state index contributed by atoms with van der Waals surface area (Å²) in [5.41, 5.74) is 3.90. The van der Waals surface area contributed by atoms with E-state index in [0.29, 0.717) is 36.7 Å². The van der Waals surface area contributed by atoms with Crippen molar-refractivity contribution >= 4 is 29.0 Å². The molecule has 2 aromatic rings. The number of benzene rings is 2. The van der Waals surface area contributed by atoms with E-state index in [-0.39, 0.29) is 11.9 Å². The average Bonchev–Trinajstić information content (AvgIpc) is 3.30. The second-order valence-corrected chi connectivity index (χ2v) is 7.68. The van der Waals surface area contributed by atoms with Crippen LogP contribution in [0.25, 0.3) is 0 Å². The third-order valence-electron chi connectivity index (χ3n) is 5.21. The molecule has 31 heavy (non-hydrogen) atoms. The molecule has 1 aliphatic heterocycles. The lowest BCUT2D eigenvalue weighted by Crippen LogP contribution is -2.29. The van der Waals surface area contributed by atoms with Crippen molar-refractivity contribution < 1.29 is 14.3 Å². The van der Waals surface area contributed by atoms with Crippen molar-refractivity contribution in [3.8, 4) is 0 Å².